The molecule has 0 aliphatic heterocycles. The van der Waals surface area contributed by atoms with Crippen LogP contribution in [0.1, 0.15) is 5.56 Å². The van der Waals surface area contributed by atoms with E-state index in [2.05, 4.69) is 21.2 Å². The first-order chi connectivity index (χ1) is 9.04. The van der Waals surface area contributed by atoms with Crippen molar-refractivity contribution in [1.29, 1.82) is 0 Å². The molecule has 0 amide bonds. The van der Waals surface area contributed by atoms with Crippen molar-refractivity contribution >= 4 is 27.3 Å². The molecule has 19 heavy (non-hydrogen) atoms. The number of benzene rings is 1. The van der Waals surface area contributed by atoms with Crippen molar-refractivity contribution in [2.45, 2.75) is 6.42 Å². The van der Waals surface area contributed by atoms with E-state index in [0.717, 1.165) is 15.8 Å². The second kappa shape index (κ2) is 5.44. The van der Waals surface area contributed by atoms with Gasteiger partial charge in [-0.1, -0.05) is 6.07 Å². The summed E-state index contributed by atoms with van der Waals surface area (Å²) in [6, 6.07) is 5.77. The van der Waals surface area contributed by atoms with Gasteiger partial charge in [-0.25, -0.2) is 0 Å². The molecule has 0 saturated heterocycles. The van der Waals surface area contributed by atoms with Crippen molar-refractivity contribution in [2.24, 2.45) is 0 Å². The summed E-state index contributed by atoms with van der Waals surface area (Å²) in [4.78, 5) is 22.1. The Labute approximate surface area is 118 Å². The number of anilines is 2. The second-order valence-electron chi connectivity index (χ2n) is 4.09. The number of nitrogens with two attached hydrogens (primary N) is 1. The van der Waals surface area contributed by atoms with Crippen LogP contribution < -0.4 is 26.6 Å². The minimum Gasteiger partial charge on any atom is -0.496 e. The first-order valence-electron chi connectivity index (χ1n) is 5.69. The highest BCUT2D eigenvalue weighted by atomic mass is 79.9. The highest BCUT2D eigenvalue weighted by molar-refractivity contribution is 9.10. The number of ether oxygens (including phenoxy) is 1. The number of hydrogen-bond donors (Lipinski definition) is 2. The number of nitrogens with one attached hydrogen (secondary N) is 1. The summed E-state index contributed by atoms with van der Waals surface area (Å²) in [5.74, 6) is 0.756. The van der Waals surface area contributed by atoms with E-state index < -0.39 is 10.9 Å². The topological polar surface area (TPSA) is 81.4 Å². The van der Waals surface area contributed by atoms with E-state index in [1.807, 2.05) is 18.2 Å². The fourth-order valence-electron chi connectivity index (χ4n) is 1.78. The number of nitrogen functional groups attached to an aromatic ring is 1. The fraction of sp³-hybridized carbons (Fsp3) is 0.231. The molecule has 5 nitrogen and oxygen atoms in total. The van der Waals surface area contributed by atoms with Gasteiger partial charge in [0.25, 0.3) is 10.9 Å². The van der Waals surface area contributed by atoms with Crippen molar-refractivity contribution in [3.8, 4) is 5.75 Å². The van der Waals surface area contributed by atoms with Crippen LogP contribution in [-0.2, 0) is 6.42 Å². The fourth-order valence-corrected chi connectivity index (χ4v) is 2.18. The highest BCUT2D eigenvalue weighted by Gasteiger charge is 2.16. The molecule has 2 aromatic rings. The Kier molecular flexibility index (Phi) is 3.90. The molecule has 0 spiro atoms. The average Bonchev–Trinajstić information content (AvgIpc) is 2.44. The lowest BCUT2D eigenvalue weighted by Crippen LogP contribution is -2.37. The molecule has 0 aromatic heterocycles. The van der Waals surface area contributed by atoms with Crippen LogP contribution in [0.2, 0.25) is 0 Å². The van der Waals surface area contributed by atoms with Crippen LogP contribution >= 0.6 is 15.9 Å². The Morgan fingerprint density at radius 3 is 2.68 bits per heavy atom. The zero-order valence-corrected chi connectivity index (χ0v) is 11.9. The van der Waals surface area contributed by atoms with Gasteiger partial charge in [-0.15, -0.1) is 0 Å². The van der Waals surface area contributed by atoms with Crippen molar-refractivity contribution in [2.75, 3.05) is 24.7 Å². The number of hydrogen-bond acceptors (Lipinski definition) is 5. The zero-order chi connectivity index (χ0) is 14.0. The Balaban J connectivity index is 1.97. The number of methoxy groups -OCH3 is 1. The maximum Gasteiger partial charge on any atom is 0.253 e. The molecular formula is C13H13BrN2O3. The monoisotopic (exact) mass is 324 g/mol. The van der Waals surface area contributed by atoms with E-state index in [-0.39, 0.29) is 11.4 Å². The van der Waals surface area contributed by atoms with Crippen LogP contribution in [0.3, 0.4) is 0 Å². The van der Waals surface area contributed by atoms with Crippen LogP contribution in [0, 0.1) is 0 Å². The van der Waals surface area contributed by atoms with Gasteiger partial charge in [-0.3, -0.25) is 9.59 Å². The third-order valence-electron chi connectivity index (χ3n) is 2.88. The van der Waals surface area contributed by atoms with Crippen LogP contribution in [0.5, 0.6) is 5.75 Å². The van der Waals surface area contributed by atoms with Gasteiger partial charge in [-0.05, 0) is 40.0 Å². The third kappa shape index (κ3) is 2.63. The number of rotatable bonds is 5. The summed E-state index contributed by atoms with van der Waals surface area (Å²) in [7, 11) is 1.60. The molecule has 0 aliphatic rings. The molecule has 3 N–H and O–H groups in total. The second-order valence-corrected chi connectivity index (χ2v) is 4.95. The van der Waals surface area contributed by atoms with Gasteiger partial charge in [0.2, 0.25) is 0 Å². The first kappa shape index (κ1) is 13.6. The van der Waals surface area contributed by atoms with Gasteiger partial charge in [0.05, 0.1) is 11.6 Å². The number of halogens is 1. The van der Waals surface area contributed by atoms with Crippen LogP contribution in [-0.4, -0.2) is 13.7 Å². The molecule has 0 radical (unpaired) electrons. The lowest BCUT2D eigenvalue weighted by atomic mass is 10.1. The lowest BCUT2D eigenvalue weighted by molar-refractivity contribution is 0.411. The molecule has 100 valence electrons. The van der Waals surface area contributed by atoms with Crippen molar-refractivity contribution in [1.82, 2.24) is 0 Å². The predicted molar refractivity (Wildman–Crippen MR) is 78.7 cm³/mol. The maximum atomic E-state index is 11.2. The summed E-state index contributed by atoms with van der Waals surface area (Å²) in [5, 5.41) is 2.88. The van der Waals surface area contributed by atoms with E-state index in [4.69, 9.17) is 10.5 Å². The smallest absolute Gasteiger partial charge is 0.253 e. The Bertz CT molecular complexity index is 675. The van der Waals surface area contributed by atoms with Crippen molar-refractivity contribution in [3.05, 3.63) is 48.7 Å². The van der Waals surface area contributed by atoms with Gasteiger partial charge in [0.15, 0.2) is 0 Å². The summed E-state index contributed by atoms with van der Waals surface area (Å²) in [6.07, 6.45) is 0.696. The lowest BCUT2D eigenvalue weighted by Gasteiger charge is -2.10. The Morgan fingerprint density at radius 1 is 1.32 bits per heavy atom. The molecule has 2 aromatic carbocycles. The van der Waals surface area contributed by atoms with Crippen molar-refractivity contribution in [3.63, 3.8) is 0 Å². The first-order valence-corrected chi connectivity index (χ1v) is 6.49. The van der Waals surface area contributed by atoms with E-state index >= 15 is 0 Å². The minimum absolute atomic E-state index is 0.0263. The highest BCUT2D eigenvalue weighted by Crippen LogP contribution is 2.25. The van der Waals surface area contributed by atoms with Gasteiger partial charge < -0.3 is 15.8 Å². The normalized spacial score (nSPS) is 10.6. The molecule has 0 unspecified atom stereocenters. The summed E-state index contributed by atoms with van der Waals surface area (Å²) in [6.45, 7) is 0.528. The molecular weight excluding hydrogens is 312 g/mol. The Hall–Kier alpha value is -1.82. The molecule has 2 rings (SSSR count). The third-order valence-corrected chi connectivity index (χ3v) is 3.53. The molecule has 0 saturated carbocycles. The predicted octanol–water partition coefficient (Wildman–Crippen LogP) is 1.29. The quantitative estimate of drug-likeness (QED) is 0.810. The van der Waals surface area contributed by atoms with Gasteiger partial charge in [-0.2, -0.15) is 0 Å². The van der Waals surface area contributed by atoms with Crippen LogP contribution in [0.4, 0.5) is 11.4 Å². The molecule has 0 aliphatic carbocycles. The summed E-state index contributed by atoms with van der Waals surface area (Å²) < 4.78 is 6.09. The molecule has 0 fully saturated rings. The van der Waals surface area contributed by atoms with Crippen LogP contribution in [0.15, 0.2) is 32.3 Å². The van der Waals surface area contributed by atoms with Gasteiger partial charge in [0, 0.05) is 6.54 Å². The molecule has 6 heteroatoms. The maximum absolute atomic E-state index is 11.2. The van der Waals surface area contributed by atoms with Crippen LogP contribution in [0.25, 0.3) is 0 Å². The van der Waals surface area contributed by atoms with Crippen molar-refractivity contribution < 1.29 is 4.74 Å². The Morgan fingerprint density at radius 2 is 2.05 bits per heavy atom. The van der Waals surface area contributed by atoms with E-state index in [1.165, 1.54) is 0 Å². The average molecular weight is 325 g/mol. The minimum atomic E-state index is -0.604. The molecule has 0 bridgehead atoms. The summed E-state index contributed by atoms with van der Waals surface area (Å²) in [5.41, 5.74) is 5.60. The SMILES string of the molecule is COc1cc(CCNc2c(N)c(=O)c2=O)ccc1Br. The van der Waals surface area contributed by atoms with E-state index in [1.54, 1.807) is 7.11 Å². The van der Waals surface area contributed by atoms with E-state index in [0.29, 0.717) is 13.0 Å². The van der Waals surface area contributed by atoms with E-state index in [9.17, 15) is 9.59 Å². The van der Waals surface area contributed by atoms with Gasteiger partial charge in [0.1, 0.15) is 17.1 Å². The molecule has 0 atom stereocenters. The molecule has 0 heterocycles. The zero-order valence-electron chi connectivity index (χ0n) is 10.3. The van der Waals surface area contributed by atoms with Gasteiger partial charge >= 0.3 is 0 Å². The summed E-state index contributed by atoms with van der Waals surface area (Å²) >= 11 is 3.38. The largest absolute Gasteiger partial charge is 0.496 e. The standard InChI is InChI=1S/C13H13BrN2O3/c1-19-9-6-7(2-3-8(9)14)4-5-16-11-10(15)12(17)13(11)18/h2-3,6,16H,4-5,15H2,1H3.